The average molecular weight is 285 g/mol. The molecule has 3 heteroatoms. The van der Waals surface area contributed by atoms with Crippen LogP contribution in [0.25, 0.3) is 0 Å². The second-order valence-electron chi connectivity index (χ2n) is 5.96. The minimum absolute atomic E-state index is 0.308. The normalized spacial score (nSPS) is 12.6. The summed E-state index contributed by atoms with van der Waals surface area (Å²) >= 11 is 0. The molecular weight excluding hydrogens is 258 g/mol. The maximum absolute atomic E-state index is 4.60. The van der Waals surface area contributed by atoms with Crippen molar-refractivity contribution in [2.24, 2.45) is 0 Å². The number of hydrogen-bond donors (Lipinski definition) is 1. The first-order valence-corrected chi connectivity index (χ1v) is 7.83. The Labute approximate surface area is 128 Å². The quantitative estimate of drug-likeness (QED) is 0.873. The molecule has 1 aromatic carbocycles. The van der Waals surface area contributed by atoms with Crippen LogP contribution in [0, 0.1) is 27.7 Å². The van der Waals surface area contributed by atoms with E-state index in [-0.39, 0.29) is 0 Å². The standard InChI is InChI=1S/C18H27N3/c1-6-9-19-18(12-21-16(5)11-15(4)20-21)17-8-7-13(2)14(3)10-17/h7-8,10-11,18-19H,6,9,12H2,1-5H3. The lowest BCUT2D eigenvalue weighted by molar-refractivity contribution is 0.432. The van der Waals surface area contributed by atoms with Crippen LogP contribution in [0.3, 0.4) is 0 Å². The van der Waals surface area contributed by atoms with Gasteiger partial charge >= 0.3 is 0 Å². The van der Waals surface area contributed by atoms with Crippen molar-refractivity contribution in [2.45, 2.75) is 53.6 Å². The molecule has 0 aliphatic carbocycles. The van der Waals surface area contributed by atoms with Crippen molar-refractivity contribution >= 4 is 0 Å². The van der Waals surface area contributed by atoms with Crippen LogP contribution in [-0.2, 0) is 6.54 Å². The summed E-state index contributed by atoms with van der Waals surface area (Å²) < 4.78 is 2.11. The maximum atomic E-state index is 4.60. The Kier molecular flexibility index (Phi) is 5.18. The summed E-state index contributed by atoms with van der Waals surface area (Å²) in [7, 11) is 0. The van der Waals surface area contributed by atoms with E-state index in [4.69, 9.17) is 0 Å². The Morgan fingerprint density at radius 1 is 1.10 bits per heavy atom. The number of rotatable bonds is 6. The van der Waals surface area contributed by atoms with Gasteiger partial charge in [0.2, 0.25) is 0 Å². The molecule has 0 spiro atoms. The van der Waals surface area contributed by atoms with Crippen LogP contribution in [0.4, 0.5) is 0 Å². The summed E-state index contributed by atoms with van der Waals surface area (Å²) in [6.07, 6.45) is 1.14. The predicted molar refractivity (Wildman–Crippen MR) is 88.7 cm³/mol. The van der Waals surface area contributed by atoms with E-state index in [2.05, 4.69) is 67.1 Å². The number of benzene rings is 1. The molecule has 3 nitrogen and oxygen atoms in total. The minimum atomic E-state index is 0.308. The van der Waals surface area contributed by atoms with Gasteiger partial charge in [0, 0.05) is 5.69 Å². The number of nitrogens with zero attached hydrogens (tertiary/aromatic N) is 2. The number of aryl methyl sites for hydroxylation is 4. The molecule has 1 aromatic heterocycles. The molecule has 2 rings (SSSR count). The summed E-state index contributed by atoms with van der Waals surface area (Å²) in [6, 6.07) is 9.20. The van der Waals surface area contributed by atoms with Gasteiger partial charge in [0.05, 0.1) is 18.3 Å². The lowest BCUT2D eigenvalue weighted by Gasteiger charge is -2.21. The average Bonchev–Trinajstić information content (AvgIpc) is 2.76. The molecule has 0 bridgehead atoms. The van der Waals surface area contributed by atoms with Crippen molar-refractivity contribution in [3.05, 3.63) is 52.3 Å². The number of nitrogens with one attached hydrogen (secondary N) is 1. The lowest BCUT2D eigenvalue weighted by Crippen LogP contribution is -2.27. The highest BCUT2D eigenvalue weighted by atomic mass is 15.3. The van der Waals surface area contributed by atoms with Gasteiger partial charge in [-0.3, -0.25) is 4.68 Å². The molecule has 0 radical (unpaired) electrons. The van der Waals surface area contributed by atoms with Crippen LogP contribution in [0.15, 0.2) is 24.3 Å². The maximum Gasteiger partial charge on any atom is 0.0607 e. The van der Waals surface area contributed by atoms with Crippen LogP contribution in [-0.4, -0.2) is 16.3 Å². The van der Waals surface area contributed by atoms with Gasteiger partial charge in [0.15, 0.2) is 0 Å². The Morgan fingerprint density at radius 2 is 1.86 bits per heavy atom. The van der Waals surface area contributed by atoms with E-state index in [9.17, 15) is 0 Å². The van der Waals surface area contributed by atoms with Crippen molar-refractivity contribution < 1.29 is 0 Å². The first-order chi connectivity index (χ1) is 10.0. The molecule has 1 heterocycles. The summed E-state index contributed by atoms with van der Waals surface area (Å²) in [4.78, 5) is 0. The molecule has 0 fully saturated rings. The molecule has 1 N–H and O–H groups in total. The van der Waals surface area contributed by atoms with Crippen molar-refractivity contribution in [3.8, 4) is 0 Å². The van der Waals surface area contributed by atoms with E-state index in [1.54, 1.807) is 0 Å². The second-order valence-corrected chi connectivity index (χ2v) is 5.96. The van der Waals surface area contributed by atoms with Gasteiger partial charge in [-0.1, -0.05) is 25.1 Å². The van der Waals surface area contributed by atoms with E-state index in [0.717, 1.165) is 25.2 Å². The van der Waals surface area contributed by atoms with Gasteiger partial charge in [-0.25, -0.2) is 0 Å². The van der Waals surface area contributed by atoms with E-state index in [0.29, 0.717) is 6.04 Å². The molecule has 1 atom stereocenters. The minimum Gasteiger partial charge on any atom is -0.308 e. The first-order valence-electron chi connectivity index (χ1n) is 7.83. The zero-order valence-electron chi connectivity index (χ0n) is 13.9. The summed E-state index contributed by atoms with van der Waals surface area (Å²) in [6.45, 7) is 12.6. The van der Waals surface area contributed by atoms with Gasteiger partial charge in [-0.2, -0.15) is 5.10 Å². The monoisotopic (exact) mass is 285 g/mol. The largest absolute Gasteiger partial charge is 0.308 e. The molecule has 0 aliphatic rings. The van der Waals surface area contributed by atoms with Crippen molar-refractivity contribution in [2.75, 3.05) is 6.54 Å². The predicted octanol–water partition coefficient (Wildman–Crippen LogP) is 3.86. The number of hydrogen-bond acceptors (Lipinski definition) is 2. The first kappa shape index (κ1) is 15.8. The Morgan fingerprint density at radius 3 is 2.43 bits per heavy atom. The molecule has 0 aliphatic heterocycles. The van der Waals surface area contributed by atoms with Gasteiger partial charge in [-0.05, 0) is 63.4 Å². The third-order valence-electron chi connectivity index (χ3n) is 4.03. The summed E-state index contributed by atoms with van der Waals surface area (Å²) in [5.74, 6) is 0. The van der Waals surface area contributed by atoms with Crippen LogP contribution in [0.1, 0.15) is 47.5 Å². The van der Waals surface area contributed by atoms with Crippen molar-refractivity contribution in [1.82, 2.24) is 15.1 Å². The molecule has 1 unspecified atom stereocenters. The third-order valence-corrected chi connectivity index (χ3v) is 4.03. The zero-order chi connectivity index (χ0) is 15.4. The SMILES string of the molecule is CCCNC(Cn1nc(C)cc1C)c1ccc(C)c(C)c1. The highest BCUT2D eigenvalue weighted by Crippen LogP contribution is 2.20. The smallest absolute Gasteiger partial charge is 0.0607 e. The molecule has 0 saturated heterocycles. The number of aromatic nitrogens is 2. The Balaban J connectivity index is 2.24. The molecule has 0 amide bonds. The van der Waals surface area contributed by atoms with Crippen LogP contribution in [0.5, 0.6) is 0 Å². The lowest BCUT2D eigenvalue weighted by atomic mass is 10.0. The molecule has 21 heavy (non-hydrogen) atoms. The van der Waals surface area contributed by atoms with E-state index in [1.165, 1.54) is 22.4 Å². The van der Waals surface area contributed by atoms with Crippen molar-refractivity contribution in [3.63, 3.8) is 0 Å². The third kappa shape index (κ3) is 3.94. The summed E-state index contributed by atoms with van der Waals surface area (Å²) in [5, 5.41) is 8.26. The van der Waals surface area contributed by atoms with Gasteiger partial charge in [0.25, 0.3) is 0 Å². The van der Waals surface area contributed by atoms with Gasteiger partial charge in [0.1, 0.15) is 0 Å². The summed E-state index contributed by atoms with van der Waals surface area (Å²) in [5.41, 5.74) is 6.35. The molecular formula is C18H27N3. The molecule has 0 saturated carbocycles. The van der Waals surface area contributed by atoms with Gasteiger partial charge in [-0.15, -0.1) is 0 Å². The fourth-order valence-electron chi connectivity index (χ4n) is 2.62. The molecule has 2 aromatic rings. The van der Waals surface area contributed by atoms with Crippen LogP contribution >= 0.6 is 0 Å². The Bertz CT molecular complexity index is 599. The van der Waals surface area contributed by atoms with Crippen molar-refractivity contribution in [1.29, 1.82) is 0 Å². The highest BCUT2D eigenvalue weighted by molar-refractivity contribution is 5.31. The zero-order valence-corrected chi connectivity index (χ0v) is 13.9. The second kappa shape index (κ2) is 6.90. The molecule has 114 valence electrons. The topological polar surface area (TPSA) is 29.9 Å². The van der Waals surface area contributed by atoms with Crippen LogP contribution < -0.4 is 5.32 Å². The van der Waals surface area contributed by atoms with Crippen LogP contribution in [0.2, 0.25) is 0 Å². The van der Waals surface area contributed by atoms with E-state index in [1.807, 2.05) is 6.92 Å². The van der Waals surface area contributed by atoms with E-state index >= 15 is 0 Å². The van der Waals surface area contributed by atoms with Gasteiger partial charge < -0.3 is 5.32 Å². The Hall–Kier alpha value is -1.61. The van der Waals surface area contributed by atoms with E-state index < -0.39 is 0 Å². The fraction of sp³-hybridized carbons (Fsp3) is 0.500. The fourth-order valence-corrected chi connectivity index (χ4v) is 2.62. The highest BCUT2D eigenvalue weighted by Gasteiger charge is 2.14.